The quantitative estimate of drug-likeness (QED) is 0.458. The number of benzene rings is 1. The largest absolute Gasteiger partial charge is 0.494 e. The molecular weight excluding hydrogens is 358 g/mol. The number of hydrogen-bond acceptors (Lipinski definition) is 5. The average molecular weight is 396 g/mol. The number of carbonyl (C=O) groups excluding carboxylic acids is 1. The molecule has 0 bridgehead atoms. The van der Waals surface area contributed by atoms with Gasteiger partial charge in [0.05, 0.1) is 6.61 Å². The van der Waals surface area contributed by atoms with E-state index in [-0.39, 0.29) is 6.54 Å². The van der Waals surface area contributed by atoms with Crippen LogP contribution in [0.15, 0.2) is 24.3 Å². The highest BCUT2D eigenvalue weighted by atomic mass is 16.6. The molecule has 6 nitrogen and oxygen atoms in total. The number of carbonyl (C=O) groups is 1. The van der Waals surface area contributed by atoms with Crippen LogP contribution in [0.5, 0.6) is 5.75 Å². The predicted octanol–water partition coefficient (Wildman–Crippen LogP) is 4.34. The van der Waals surface area contributed by atoms with Gasteiger partial charge in [-0.05, 0) is 44.9 Å². The first-order valence-corrected chi connectivity index (χ1v) is 10.3. The van der Waals surface area contributed by atoms with Crippen molar-refractivity contribution >= 4 is 6.09 Å². The summed E-state index contributed by atoms with van der Waals surface area (Å²) in [5, 5.41) is 22.8. The molecule has 0 aliphatic heterocycles. The van der Waals surface area contributed by atoms with Crippen LogP contribution in [0.2, 0.25) is 0 Å². The van der Waals surface area contributed by atoms with Gasteiger partial charge in [0.1, 0.15) is 23.6 Å². The van der Waals surface area contributed by atoms with E-state index < -0.39 is 23.9 Å². The van der Waals surface area contributed by atoms with Gasteiger partial charge < -0.3 is 25.0 Å². The first kappa shape index (κ1) is 24.2. The average Bonchev–Trinajstić information content (AvgIpc) is 2.64. The van der Waals surface area contributed by atoms with Crippen molar-refractivity contribution in [2.75, 3.05) is 13.2 Å². The topological polar surface area (TPSA) is 88.0 Å². The maximum absolute atomic E-state index is 11.6. The van der Waals surface area contributed by atoms with Crippen LogP contribution in [0, 0.1) is 0 Å². The molecule has 0 aliphatic rings. The van der Waals surface area contributed by atoms with Crippen molar-refractivity contribution in [3.63, 3.8) is 0 Å². The van der Waals surface area contributed by atoms with Gasteiger partial charge in [0.2, 0.25) is 0 Å². The molecule has 1 aromatic rings. The Bertz CT molecular complexity index is 553. The van der Waals surface area contributed by atoms with Crippen molar-refractivity contribution in [2.45, 2.75) is 84.0 Å². The van der Waals surface area contributed by atoms with Crippen molar-refractivity contribution in [1.82, 2.24) is 5.32 Å². The second-order valence-electron chi connectivity index (χ2n) is 8.08. The van der Waals surface area contributed by atoms with Gasteiger partial charge in [-0.1, -0.05) is 51.2 Å². The molecule has 1 rings (SSSR count). The fourth-order valence-electron chi connectivity index (χ4n) is 2.67. The predicted molar refractivity (Wildman–Crippen MR) is 111 cm³/mol. The zero-order chi connectivity index (χ0) is 21.0. The van der Waals surface area contributed by atoms with Gasteiger partial charge in [-0.25, -0.2) is 4.79 Å². The molecule has 160 valence electrons. The summed E-state index contributed by atoms with van der Waals surface area (Å²) in [5.74, 6) is 0.742. The lowest BCUT2D eigenvalue weighted by Gasteiger charge is -2.22. The summed E-state index contributed by atoms with van der Waals surface area (Å²) < 4.78 is 10.8. The fourth-order valence-corrected chi connectivity index (χ4v) is 2.67. The molecule has 0 aromatic heterocycles. The lowest BCUT2D eigenvalue weighted by Crippen LogP contribution is -2.38. The van der Waals surface area contributed by atoms with E-state index in [1.165, 1.54) is 32.1 Å². The Morgan fingerprint density at radius 3 is 2.25 bits per heavy atom. The van der Waals surface area contributed by atoms with Gasteiger partial charge in [-0.2, -0.15) is 0 Å². The van der Waals surface area contributed by atoms with E-state index in [0.29, 0.717) is 12.2 Å². The van der Waals surface area contributed by atoms with Gasteiger partial charge in [-0.3, -0.25) is 0 Å². The summed E-state index contributed by atoms with van der Waals surface area (Å²) in [6, 6.07) is 7.00. The molecule has 2 atom stereocenters. The van der Waals surface area contributed by atoms with E-state index in [1.807, 2.05) is 0 Å². The van der Waals surface area contributed by atoms with Gasteiger partial charge in [0, 0.05) is 6.54 Å². The second-order valence-corrected chi connectivity index (χ2v) is 8.08. The van der Waals surface area contributed by atoms with Crippen molar-refractivity contribution in [2.24, 2.45) is 0 Å². The number of alkyl carbamates (subject to hydrolysis) is 1. The molecule has 3 N–H and O–H groups in total. The molecule has 0 fully saturated rings. The number of aliphatic hydroxyl groups is 2. The van der Waals surface area contributed by atoms with E-state index in [4.69, 9.17) is 9.47 Å². The summed E-state index contributed by atoms with van der Waals surface area (Å²) in [4.78, 5) is 11.6. The number of amides is 1. The van der Waals surface area contributed by atoms with E-state index in [2.05, 4.69) is 12.2 Å². The molecule has 0 spiro atoms. The first-order valence-electron chi connectivity index (χ1n) is 10.3. The Hall–Kier alpha value is -1.79. The lowest BCUT2D eigenvalue weighted by molar-refractivity contribution is 0.0129. The third kappa shape index (κ3) is 10.5. The Balaban J connectivity index is 2.33. The standard InChI is InChI=1S/C22H37NO5/c1-5-6-7-8-9-10-15-27-18-13-11-17(12-14-18)20(25)19(24)16-23-21(26)28-22(2,3)4/h11-14,19-20,24-25H,5-10,15-16H2,1-4H3,(H,23,26). The molecule has 6 heteroatoms. The molecule has 0 saturated heterocycles. The lowest BCUT2D eigenvalue weighted by atomic mass is 10.0. The SMILES string of the molecule is CCCCCCCCOc1ccc(C(O)C(O)CNC(=O)OC(C)(C)C)cc1. The number of ether oxygens (including phenoxy) is 2. The molecule has 2 unspecified atom stereocenters. The summed E-state index contributed by atoms with van der Waals surface area (Å²) in [5.41, 5.74) is -0.0516. The van der Waals surface area contributed by atoms with E-state index in [0.717, 1.165) is 12.2 Å². The smallest absolute Gasteiger partial charge is 0.407 e. The van der Waals surface area contributed by atoms with Crippen LogP contribution >= 0.6 is 0 Å². The minimum atomic E-state index is -1.14. The van der Waals surface area contributed by atoms with Crippen LogP contribution in [0.1, 0.15) is 77.9 Å². The highest BCUT2D eigenvalue weighted by molar-refractivity contribution is 5.67. The summed E-state index contributed by atoms with van der Waals surface area (Å²) in [6.45, 7) is 8.05. The van der Waals surface area contributed by atoms with Crippen LogP contribution in [0.25, 0.3) is 0 Å². The Labute approximate surface area is 169 Å². The molecule has 0 saturated carbocycles. The van der Waals surface area contributed by atoms with Crippen molar-refractivity contribution in [3.05, 3.63) is 29.8 Å². The Morgan fingerprint density at radius 1 is 1.04 bits per heavy atom. The maximum Gasteiger partial charge on any atom is 0.407 e. The van der Waals surface area contributed by atoms with Crippen LogP contribution in [-0.2, 0) is 4.74 Å². The van der Waals surface area contributed by atoms with E-state index >= 15 is 0 Å². The summed E-state index contributed by atoms with van der Waals surface area (Å²) >= 11 is 0. The van der Waals surface area contributed by atoms with E-state index in [1.54, 1.807) is 45.0 Å². The van der Waals surface area contributed by atoms with Crippen LogP contribution in [0.3, 0.4) is 0 Å². The van der Waals surface area contributed by atoms with Crippen LogP contribution < -0.4 is 10.1 Å². The number of nitrogens with one attached hydrogen (secondary N) is 1. The molecule has 0 radical (unpaired) electrons. The molecule has 1 amide bonds. The summed E-state index contributed by atoms with van der Waals surface area (Å²) in [7, 11) is 0. The molecule has 1 aromatic carbocycles. The number of hydrogen-bond donors (Lipinski definition) is 3. The summed E-state index contributed by atoms with van der Waals surface area (Å²) in [6.07, 6.45) is 4.41. The van der Waals surface area contributed by atoms with Gasteiger partial charge >= 0.3 is 6.09 Å². The zero-order valence-electron chi connectivity index (χ0n) is 17.7. The van der Waals surface area contributed by atoms with Crippen LogP contribution in [0.4, 0.5) is 4.79 Å². The number of unbranched alkanes of at least 4 members (excludes halogenated alkanes) is 5. The minimum absolute atomic E-state index is 0.105. The number of rotatable bonds is 12. The molecule has 0 heterocycles. The molecule has 28 heavy (non-hydrogen) atoms. The highest BCUT2D eigenvalue weighted by Crippen LogP contribution is 2.21. The van der Waals surface area contributed by atoms with Crippen molar-refractivity contribution in [3.8, 4) is 5.75 Å². The van der Waals surface area contributed by atoms with Crippen molar-refractivity contribution in [1.29, 1.82) is 0 Å². The monoisotopic (exact) mass is 395 g/mol. The maximum atomic E-state index is 11.6. The van der Waals surface area contributed by atoms with Gasteiger partial charge in [0.15, 0.2) is 0 Å². The first-order chi connectivity index (χ1) is 13.2. The normalized spacial score (nSPS) is 13.6. The number of aliphatic hydroxyl groups excluding tert-OH is 2. The van der Waals surface area contributed by atoms with Crippen molar-refractivity contribution < 1.29 is 24.5 Å². The highest BCUT2D eigenvalue weighted by Gasteiger charge is 2.21. The van der Waals surface area contributed by atoms with E-state index in [9.17, 15) is 15.0 Å². The fraction of sp³-hybridized carbons (Fsp3) is 0.682. The third-order valence-electron chi connectivity index (χ3n) is 4.21. The molecule has 0 aliphatic carbocycles. The zero-order valence-corrected chi connectivity index (χ0v) is 17.7. The van der Waals surface area contributed by atoms with Gasteiger partial charge in [0.25, 0.3) is 0 Å². The molecular formula is C22H37NO5. The Kier molecular flexibility index (Phi) is 10.9. The van der Waals surface area contributed by atoms with Crippen LogP contribution in [-0.4, -0.2) is 41.2 Å². The minimum Gasteiger partial charge on any atom is -0.494 e. The second kappa shape index (κ2) is 12.6. The Morgan fingerprint density at radius 2 is 1.64 bits per heavy atom. The third-order valence-corrected chi connectivity index (χ3v) is 4.21. The van der Waals surface area contributed by atoms with Gasteiger partial charge in [-0.15, -0.1) is 0 Å².